The summed E-state index contributed by atoms with van der Waals surface area (Å²) in [5.41, 5.74) is 1.40. The van der Waals surface area contributed by atoms with Crippen molar-refractivity contribution < 1.29 is 9.59 Å². The van der Waals surface area contributed by atoms with Gasteiger partial charge in [-0.3, -0.25) is 9.59 Å². The second-order valence-corrected chi connectivity index (χ2v) is 7.31. The Morgan fingerprint density at radius 2 is 1.14 bits per heavy atom. The van der Waals surface area contributed by atoms with Gasteiger partial charge in [-0.15, -0.1) is 10.2 Å². The number of likely N-dealkylation sites (N-methyl/N-ethyl adjacent to an activating group) is 2. The van der Waals surface area contributed by atoms with Gasteiger partial charge in [0.25, 0.3) is 0 Å². The maximum Gasteiger partial charge on any atom is 0.198 e. The summed E-state index contributed by atoms with van der Waals surface area (Å²) in [6.45, 7) is 2.70. The predicted octanol–water partition coefficient (Wildman–Crippen LogP) is 1.20. The molecule has 8 nitrogen and oxygen atoms in total. The topological polar surface area (TPSA) is 90.5 Å². The minimum absolute atomic E-state index is 0.205. The first-order chi connectivity index (χ1) is 13.4. The van der Waals surface area contributed by atoms with E-state index in [2.05, 4.69) is 20.8 Å². The van der Waals surface area contributed by atoms with Gasteiger partial charge >= 0.3 is 0 Å². The van der Waals surface area contributed by atoms with Gasteiger partial charge in [-0.25, -0.2) is 0 Å². The molecule has 8 heteroatoms. The minimum atomic E-state index is -0.205. The Morgan fingerprint density at radius 3 is 1.50 bits per heavy atom. The number of rotatable bonds is 8. The Morgan fingerprint density at radius 1 is 0.750 bits per heavy atom. The number of nitrogens with one attached hydrogen (secondary N) is 2. The van der Waals surface area contributed by atoms with E-state index in [0.29, 0.717) is 47.0 Å². The second kappa shape index (κ2) is 8.45. The fourth-order valence-electron chi connectivity index (χ4n) is 3.07. The molecule has 0 amide bonds. The molecule has 0 radical (unpaired) electrons. The van der Waals surface area contributed by atoms with Crippen LogP contribution in [0.1, 0.15) is 31.8 Å². The van der Waals surface area contributed by atoms with Crippen LogP contribution in [0.3, 0.4) is 0 Å². The van der Waals surface area contributed by atoms with E-state index in [4.69, 9.17) is 0 Å². The molecule has 1 heterocycles. The summed E-state index contributed by atoms with van der Waals surface area (Å²) >= 11 is 0. The lowest BCUT2D eigenvalue weighted by Gasteiger charge is -2.22. The molecule has 0 bridgehead atoms. The van der Waals surface area contributed by atoms with Crippen LogP contribution in [0.25, 0.3) is 0 Å². The molecule has 0 saturated heterocycles. The van der Waals surface area contributed by atoms with E-state index in [1.54, 1.807) is 24.3 Å². The number of fused-ring (bicyclic) bond motifs is 2. The molecule has 2 aromatic rings. The van der Waals surface area contributed by atoms with E-state index in [0.717, 1.165) is 13.1 Å². The van der Waals surface area contributed by atoms with E-state index >= 15 is 0 Å². The summed E-state index contributed by atoms with van der Waals surface area (Å²) < 4.78 is 0. The van der Waals surface area contributed by atoms with E-state index in [1.807, 2.05) is 38.0 Å². The highest BCUT2D eigenvalue weighted by molar-refractivity contribution is 6.31. The van der Waals surface area contributed by atoms with Crippen molar-refractivity contribution in [1.82, 2.24) is 20.0 Å². The first-order valence-corrected chi connectivity index (χ1v) is 9.26. The number of anilines is 2. The third-order valence-corrected chi connectivity index (χ3v) is 4.55. The number of hydrogen-bond donors (Lipinski definition) is 2. The average Bonchev–Trinajstić information content (AvgIpc) is 2.66. The van der Waals surface area contributed by atoms with Gasteiger partial charge in [0.15, 0.2) is 23.2 Å². The maximum absolute atomic E-state index is 13.2. The van der Waals surface area contributed by atoms with Crippen LogP contribution < -0.4 is 10.6 Å². The standard InChI is InChI=1S/C20H26N6O2/c1-25(2)11-9-21-19-15-16(20(24-23-19)22-10-12-26(3)4)18(28)14-8-6-5-7-13(14)17(15)27/h5-8H,9-12H2,1-4H3,(H,21,23)(H,22,24). The first kappa shape index (κ1) is 19.9. The van der Waals surface area contributed by atoms with Crippen LogP contribution in [0.2, 0.25) is 0 Å². The highest BCUT2D eigenvalue weighted by Crippen LogP contribution is 2.33. The molecular weight excluding hydrogens is 356 g/mol. The number of ketones is 2. The Balaban J connectivity index is 2.02. The Bertz CT molecular complexity index is 822. The Kier molecular flexibility index (Phi) is 6.01. The van der Waals surface area contributed by atoms with Crippen molar-refractivity contribution in [3.8, 4) is 0 Å². The minimum Gasteiger partial charge on any atom is -0.367 e. The zero-order valence-corrected chi connectivity index (χ0v) is 16.7. The van der Waals surface area contributed by atoms with Crippen molar-refractivity contribution in [2.45, 2.75) is 0 Å². The number of nitrogens with zero attached hydrogens (tertiary/aromatic N) is 4. The molecule has 1 aliphatic carbocycles. The van der Waals surface area contributed by atoms with Gasteiger partial charge < -0.3 is 20.4 Å². The molecule has 2 N–H and O–H groups in total. The predicted molar refractivity (Wildman–Crippen MR) is 109 cm³/mol. The summed E-state index contributed by atoms with van der Waals surface area (Å²) in [5.74, 6) is 0.289. The number of carbonyl (C=O) groups is 2. The summed E-state index contributed by atoms with van der Waals surface area (Å²) in [6.07, 6.45) is 0. The Labute approximate surface area is 164 Å². The largest absolute Gasteiger partial charge is 0.367 e. The zero-order valence-electron chi connectivity index (χ0n) is 16.7. The lowest BCUT2D eigenvalue weighted by atomic mass is 9.84. The monoisotopic (exact) mass is 382 g/mol. The smallest absolute Gasteiger partial charge is 0.198 e. The fourth-order valence-corrected chi connectivity index (χ4v) is 3.07. The molecule has 1 aliphatic rings. The van der Waals surface area contributed by atoms with Gasteiger partial charge in [-0.1, -0.05) is 24.3 Å². The highest BCUT2D eigenvalue weighted by Gasteiger charge is 2.35. The van der Waals surface area contributed by atoms with Gasteiger partial charge in [0, 0.05) is 37.3 Å². The second-order valence-electron chi connectivity index (χ2n) is 7.31. The molecule has 0 unspecified atom stereocenters. The molecule has 3 rings (SSSR count). The molecule has 0 spiro atoms. The third-order valence-electron chi connectivity index (χ3n) is 4.55. The maximum atomic E-state index is 13.2. The van der Waals surface area contributed by atoms with Gasteiger partial charge in [-0.05, 0) is 28.2 Å². The SMILES string of the molecule is CN(C)CCNc1nnc(NCCN(C)C)c2c1C(=O)c1ccccc1C2=O. The van der Waals surface area contributed by atoms with Crippen LogP contribution in [0.4, 0.5) is 11.6 Å². The molecule has 0 fully saturated rings. The van der Waals surface area contributed by atoms with Crippen LogP contribution in [0.15, 0.2) is 24.3 Å². The molecule has 28 heavy (non-hydrogen) atoms. The van der Waals surface area contributed by atoms with Crippen molar-refractivity contribution in [1.29, 1.82) is 0 Å². The third kappa shape index (κ3) is 4.02. The molecular formula is C20H26N6O2. The van der Waals surface area contributed by atoms with Gasteiger partial charge in [-0.2, -0.15) is 0 Å². The van der Waals surface area contributed by atoms with Crippen LogP contribution >= 0.6 is 0 Å². The number of carbonyl (C=O) groups excluding carboxylic acids is 2. The summed E-state index contributed by atoms with van der Waals surface area (Å²) in [4.78, 5) is 30.4. The van der Waals surface area contributed by atoms with Crippen molar-refractivity contribution in [2.75, 3.05) is 65.0 Å². The molecule has 0 aliphatic heterocycles. The molecule has 1 aromatic heterocycles. The highest BCUT2D eigenvalue weighted by atomic mass is 16.1. The van der Waals surface area contributed by atoms with Crippen LogP contribution in [-0.4, -0.2) is 85.9 Å². The van der Waals surface area contributed by atoms with Gasteiger partial charge in [0.2, 0.25) is 0 Å². The van der Waals surface area contributed by atoms with Crippen molar-refractivity contribution >= 4 is 23.2 Å². The molecule has 1 aromatic carbocycles. The summed E-state index contributed by atoms with van der Waals surface area (Å²) in [5, 5.41) is 14.8. The van der Waals surface area contributed by atoms with Crippen LogP contribution in [0, 0.1) is 0 Å². The normalized spacial score (nSPS) is 12.9. The van der Waals surface area contributed by atoms with Gasteiger partial charge in [0.05, 0.1) is 11.1 Å². The number of hydrogen-bond acceptors (Lipinski definition) is 8. The van der Waals surface area contributed by atoms with Crippen molar-refractivity contribution in [3.05, 3.63) is 46.5 Å². The fraction of sp³-hybridized carbons (Fsp3) is 0.400. The molecule has 148 valence electrons. The summed E-state index contributed by atoms with van der Waals surface area (Å²) in [7, 11) is 7.86. The first-order valence-electron chi connectivity index (χ1n) is 9.26. The Hall–Kier alpha value is -2.84. The lowest BCUT2D eigenvalue weighted by molar-refractivity contribution is 0.0979. The van der Waals surface area contributed by atoms with E-state index in [9.17, 15) is 9.59 Å². The van der Waals surface area contributed by atoms with E-state index < -0.39 is 0 Å². The van der Waals surface area contributed by atoms with Crippen molar-refractivity contribution in [2.24, 2.45) is 0 Å². The lowest BCUT2D eigenvalue weighted by Crippen LogP contribution is -2.29. The van der Waals surface area contributed by atoms with Crippen LogP contribution in [0.5, 0.6) is 0 Å². The van der Waals surface area contributed by atoms with E-state index in [1.165, 1.54) is 0 Å². The molecule has 0 saturated carbocycles. The number of aromatic nitrogens is 2. The molecule has 0 atom stereocenters. The van der Waals surface area contributed by atoms with E-state index in [-0.39, 0.29) is 11.6 Å². The van der Waals surface area contributed by atoms with Gasteiger partial charge in [0.1, 0.15) is 0 Å². The average molecular weight is 382 g/mol. The van der Waals surface area contributed by atoms with Crippen molar-refractivity contribution in [3.63, 3.8) is 0 Å². The quantitative estimate of drug-likeness (QED) is 0.601. The van der Waals surface area contributed by atoms with Crippen LogP contribution in [-0.2, 0) is 0 Å². The summed E-state index contributed by atoms with van der Waals surface area (Å²) in [6, 6.07) is 6.89. The zero-order chi connectivity index (χ0) is 20.3. The number of benzene rings is 1.